The quantitative estimate of drug-likeness (QED) is 0.570. The maximum Gasteiger partial charge on any atom is 0.151 e. The summed E-state index contributed by atoms with van der Waals surface area (Å²) in [7, 11) is 1.91. The summed E-state index contributed by atoms with van der Waals surface area (Å²) in [5, 5.41) is 7.44. The molecule has 0 aliphatic heterocycles. The van der Waals surface area contributed by atoms with E-state index in [0.29, 0.717) is 19.0 Å². The number of hydrogen-bond acceptors (Lipinski definition) is 3. The van der Waals surface area contributed by atoms with Crippen molar-refractivity contribution >= 4 is 0 Å². The zero-order valence-corrected chi connectivity index (χ0v) is 9.62. The summed E-state index contributed by atoms with van der Waals surface area (Å²) in [5.41, 5.74) is 0. The minimum Gasteiger partial charge on any atom is -0.299 e. The number of aryl methyl sites for hydroxylation is 1. The zero-order valence-electron chi connectivity index (χ0n) is 9.62. The van der Waals surface area contributed by atoms with Crippen molar-refractivity contribution in [3.63, 3.8) is 0 Å². The van der Waals surface area contributed by atoms with Crippen LogP contribution >= 0.6 is 0 Å². The second-order valence-electron chi connectivity index (χ2n) is 3.97. The van der Waals surface area contributed by atoms with E-state index in [1.807, 2.05) is 7.05 Å². The average molecular weight is 206 g/mol. The second kappa shape index (κ2) is 5.52. The molecule has 82 valence electrons. The molecule has 0 amide bonds. The molecule has 1 aromatic rings. The van der Waals surface area contributed by atoms with Crippen LogP contribution in [0, 0.1) is 18.3 Å². The lowest BCUT2D eigenvalue weighted by Crippen LogP contribution is -2.16. The van der Waals surface area contributed by atoms with E-state index in [0.717, 1.165) is 18.1 Å². The maximum atomic E-state index is 5.15. The Morgan fingerprint density at radius 2 is 2.27 bits per heavy atom. The summed E-state index contributed by atoms with van der Waals surface area (Å²) in [6, 6.07) is 0. The highest BCUT2D eigenvalue weighted by molar-refractivity contribution is 4.95. The molecule has 0 spiro atoms. The van der Waals surface area contributed by atoms with Crippen molar-refractivity contribution in [2.45, 2.75) is 26.8 Å². The highest BCUT2D eigenvalue weighted by atomic mass is 15.3. The summed E-state index contributed by atoms with van der Waals surface area (Å²) < 4.78 is 1.81. The molecule has 0 fully saturated rings. The molecule has 1 heterocycles. The molecule has 0 aromatic carbocycles. The van der Waals surface area contributed by atoms with Crippen molar-refractivity contribution in [2.24, 2.45) is 13.0 Å². The van der Waals surface area contributed by atoms with Crippen molar-refractivity contribution in [3.8, 4) is 12.3 Å². The Labute approximate surface area is 91.1 Å². The Balaban J connectivity index is 2.57. The molecule has 0 radical (unpaired) electrons. The molecule has 4 heteroatoms. The first-order valence-corrected chi connectivity index (χ1v) is 5.16. The van der Waals surface area contributed by atoms with Crippen molar-refractivity contribution in [1.29, 1.82) is 0 Å². The summed E-state index contributed by atoms with van der Waals surface area (Å²) in [6.45, 7) is 5.55. The van der Waals surface area contributed by atoms with Gasteiger partial charge in [0.1, 0.15) is 5.82 Å². The fourth-order valence-electron chi connectivity index (χ4n) is 1.33. The van der Waals surface area contributed by atoms with Gasteiger partial charge in [-0.05, 0) is 5.92 Å². The van der Waals surface area contributed by atoms with E-state index < -0.39 is 0 Å². The third-order valence-electron chi connectivity index (χ3n) is 2.00. The van der Waals surface area contributed by atoms with Crippen LogP contribution in [-0.2, 0) is 20.0 Å². The van der Waals surface area contributed by atoms with Crippen molar-refractivity contribution < 1.29 is 0 Å². The lowest BCUT2D eigenvalue weighted by atomic mass is 10.1. The topological polar surface area (TPSA) is 42.7 Å². The van der Waals surface area contributed by atoms with Gasteiger partial charge in [0.25, 0.3) is 0 Å². The standard InChI is InChI=1S/C11H18N4/c1-5-6-12-8-11-13-10(7-9(2)3)14-15(11)4/h1,9,12H,6-8H2,2-4H3. The Hall–Kier alpha value is -1.34. The van der Waals surface area contributed by atoms with E-state index in [9.17, 15) is 0 Å². The van der Waals surface area contributed by atoms with Gasteiger partial charge in [-0.25, -0.2) is 4.98 Å². The molecule has 0 saturated heterocycles. The molecule has 15 heavy (non-hydrogen) atoms. The van der Waals surface area contributed by atoms with Crippen molar-refractivity contribution in [3.05, 3.63) is 11.6 Å². The van der Waals surface area contributed by atoms with Crippen molar-refractivity contribution in [1.82, 2.24) is 20.1 Å². The number of nitrogens with one attached hydrogen (secondary N) is 1. The number of aromatic nitrogens is 3. The molecule has 1 N–H and O–H groups in total. The summed E-state index contributed by atoms with van der Waals surface area (Å²) in [6.07, 6.45) is 6.07. The molecule has 0 atom stereocenters. The first kappa shape index (κ1) is 11.7. The fraction of sp³-hybridized carbons (Fsp3) is 0.636. The molecule has 0 unspecified atom stereocenters. The monoisotopic (exact) mass is 206 g/mol. The number of rotatable bonds is 5. The molecule has 0 aliphatic rings. The Bertz CT molecular complexity index is 346. The molecule has 4 nitrogen and oxygen atoms in total. The van der Waals surface area contributed by atoms with E-state index in [2.05, 4.69) is 35.2 Å². The predicted octanol–water partition coefficient (Wildman–Crippen LogP) is 0.736. The van der Waals surface area contributed by atoms with Gasteiger partial charge in [-0.2, -0.15) is 5.10 Å². The lowest BCUT2D eigenvalue weighted by Gasteiger charge is -1.98. The van der Waals surface area contributed by atoms with Gasteiger partial charge in [-0.3, -0.25) is 10.00 Å². The van der Waals surface area contributed by atoms with Crippen LogP contribution in [0.4, 0.5) is 0 Å². The Kier molecular flexibility index (Phi) is 4.32. The third-order valence-corrected chi connectivity index (χ3v) is 2.00. The Morgan fingerprint density at radius 1 is 1.53 bits per heavy atom. The fourth-order valence-corrected chi connectivity index (χ4v) is 1.33. The zero-order chi connectivity index (χ0) is 11.3. The van der Waals surface area contributed by atoms with Crippen LogP contribution in [0.15, 0.2) is 0 Å². The molecule has 0 aliphatic carbocycles. The highest BCUT2D eigenvalue weighted by Crippen LogP contribution is 2.04. The summed E-state index contributed by atoms with van der Waals surface area (Å²) in [5.74, 6) is 4.95. The number of terminal acetylenes is 1. The maximum absolute atomic E-state index is 5.15. The third kappa shape index (κ3) is 3.72. The summed E-state index contributed by atoms with van der Waals surface area (Å²) >= 11 is 0. The number of hydrogen-bond donors (Lipinski definition) is 1. The normalized spacial score (nSPS) is 10.6. The SMILES string of the molecule is C#CCNCc1nc(CC(C)C)nn1C. The van der Waals surface area contributed by atoms with E-state index in [-0.39, 0.29) is 0 Å². The van der Waals surface area contributed by atoms with E-state index in [1.54, 1.807) is 4.68 Å². The van der Waals surface area contributed by atoms with Crippen LogP contribution in [0.1, 0.15) is 25.5 Å². The molecular formula is C11H18N4. The van der Waals surface area contributed by atoms with E-state index in [1.165, 1.54) is 0 Å². The Morgan fingerprint density at radius 3 is 2.87 bits per heavy atom. The van der Waals surface area contributed by atoms with Gasteiger partial charge in [0.2, 0.25) is 0 Å². The molecular weight excluding hydrogens is 188 g/mol. The summed E-state index contributed by atoms with van der Waals surface area (Å²) in [4.78, 5) is 4.44. The van der Waals surface area contributed by atoms with Crippen LogP contribution in [0.3, 0.4) is 0 Å². The van der Waals surface area contributed by atoms with E-state index >= 15 is 0 Å². The van der Waals surface area contributed by atoms with Gasteiger partial charge in [-0.15, -0.1) is 6.42 Å². The van der Waals surface area contributed by atoms with Crippen molar-refractivity contribution in [2.75, 3.05) is 6.54 Å². The van der Waals surface area contributed by atoms with Crippen LogP contribution in [0.5, 0.6) is 0 Å². The minimum absolute atomic E-state index is 0.562. The molecule has 0 saturated carbocycles. The number of nitrogens with zero attached hydrogens (tertiary/aromatic N) is 3. The first-order chi connectivity index (χ1) is 7.13. The van der Waals surface area contributed by atoms with Gasteiger partial charge >= 0.3 is 0 Å². The average Bonchev–Trinajstić information content (AvgIpc) is 2.46. The van der Waals surface area contributed by atoms with Gasteiger partial charge in [-0.1, -0.05) is 19.8 Å². The van der Waals surface area contributed by atoms with Gasteiger partial charge < -0.3 is 0 Å². The predicted molar refractivity (Wildman–Crippen MR) is 60.1 cm³/mol. The molecule has 1 rings (SSSR count). The lowest BCUT2D eigenvalue weighted by molar-refractivity contribution is 0.609. The first-order valence-electron chi connectivity index (χ1n) is 5.16. The highest BCUT2D eigenvalue weighted by Gasteiger charge is 2.07. The van der Waals surface area contributed by atoms with Gasteiger partial charge in [0.15, 0.2) is 5.82 Å². The van der Waals surface area contributed by atoms with Crippen LogP contribution < -0.4 is 5.32 Å². The van der Waals surface area contributed by atoms with Crippen LogP contribution in [0.2, 0.25) is 0 Å². The largest absolute Gasteiger partial charge is 0.299 e. The van der Waals surface area contributed by atoms with Crippen LogP contribution in [0.25, 0.3) is 0 Å². The molecule has 0 bridgehead atoms. The van der Waals surface area contributed by atoms with E-state index in [4.69, 9.17) is 6.42 Å². The smallest absolute Gasteiger partial charge is 0.151 e. The second-order valence-corrected chi connectivity index (χ2v) is 3.97. The van der Waals surface area contributed by atoms with Crippen LogP contribution in [-0.4, -0.2) is 21.3 Å². The minimum atomic E-state index is 0.562. The van der Waals surface area contributed by atoms with Gasteiger partial charge in [0, 0.05) is 13.5 Å². The van der Waals surface area contributed by atoms with Gasteiger partial charge in [0.05, 0.1) is 13.1 Å². The molecule has 1 aromatic heterocycles.